The summed E-state index contributed by atoms with van der Waals surface area (Å²) in [6.45, 7) is 4.09. The smallest absolute Gasteiger partial charge is 0.200 e. The van der Waals surface area contributed by atoms with E-state index in [9.17, 15) is 10.2 Å². The minimum absolute atomic E-state index is 0.268. The monoisotopic (exact) mass is 182 g/mol. The largest absolute Gasteiger partial charge is 0.504 e. The molecule has 0 spiro atoms. The van der Waals surface area contributed by atoms with Crippen LogP contribution in [-0.2, 0) is 6.42 Å². The van der Waals surface area contributed by atoms with Crippen LogP contribution in [0.5, 0.6) is 17.2 Å². The summed E-state index contributed by atoms with van der Waals surface area (Å²) < 4.78 is 0. The maximum absolute atomic E-state index is 9.18. The maximum atomic E-state index is 9.18. The lowest BCUT2D eigenvalue weighted by atomic mass is 10.0. The molecule has 3 nitrogen and oxygen atoms in total. The molecule has 13 heavy (non-hydrogen) atoms. The molecule has 1 rings (SSSR count). The fraction of sp³-hybridized carbons (Fsp3) is 0.400. The molecule has 0 aliphatic carbocycles. The van der Waals surface area contributed by atoms with Gasteiger partial charge in [0.1, 0.15) is 0 Å². The molecule has 0 unspecified atom stereocenters. The van der Waals surface area contributed by atoms with Crippen molar-refractivity contribution in [1.82, 2.24) is 0 Å². The van der Waals surface area contributed by atoms with Crippen LogP contribution in [0.1, 0.15) is 19.4 Å². The standard InChI is InChI=1S/C10H14O3/c1-6(2)3-7-4-8(11)10(13)9(12)5-7/h4-6,11-13H,3H2,1-2H3. The third-order valence-electron chi connectivity index (χ3n) is 1.77. The lowest BCUT2D eigenvalue weighted by Crippen LogP contribution is -1.93. The number of hydrogen-bond donors (Lipinski definition) is 3. The van der Waals surface area contributed by atoms with Gasteiger partial charge in [-0.15, -0.1) is 0 Å². The van der Waals surface area contributed by atoms with Crippen molar-refractivity contribution in [3.8, 4) is 17.2 Å². The van der Waals surface area contributed by atoms with Gasteiger partial charge in [-0.2, -0.15) is 0 Å². The highest BCUT2D eigenvalue weighted by molar-refractivity contribution is 5.51. The van der Waals surface area contributed by atoms with E-state index in [2.05, 4.69) is 0 Å². The molecule has 3 N–H and O–H groups in total. The third kappa shape index (κ3) is 2.28. The van der Waals surface area contributed by atoms with Crippen LogP contribution in [0.2, 0.25) is 0 Å². The van der Waals surface area contributed by atoms with Crippen LogP contribution in [0.3, 0.4) is 0 Å². The molecular weight excluding hydrogens is 168 g/mol. The number of phenols is 3. The Kier molecular flexibility index (Phi) is 2.66. The molecule has 0 heterocycles. The molecule has 0 amide bonds. The van der Waals surface area contributed by atoms with Crippen molar-refractivity contribution in [3.63, 3.8) is 0 Å². The lowest BCUT2D eigenvalue weighted by Gasteiger charge is -2.07. The van der Waals surface area contributed by atoms with Crippen molar-refractivity contribution in [2.24, 2.45) is 5.92 Å². The first-order chi connectivity index (χ1) is 6.00. The summed E-state index contributed by atoms with van der Waals surface area (Å²) in [6.07, 6.45) is 0.765. The molecular formula is C10H14O3. The Labute approximate surface area is 77.3 Å². The van der Waals surface area contributed by atoms with Crippen molar-refractivity contribution in [2.75, 3.05) is 0 Å². The summed E-state index contributed by atoms with van der Waals surface area (Å²) in [5.74, 6) is -0.540. The Morgan fingerprint density at radius 3 is 1.92 bits per heavy atom. The van der Waals surface area contributed by atoms with E-state index in [-0.39, 0.29) is 11.5 Å². The second kappa shape index (κ2) is 3.56. The Morgan fingerprint density at radius 2 is 1.54 bits per heavy atom. The molecule has 0 aromatic heterocycles. The summed E-state index contributed by atoms with van der Waals surface area (Å²) in [4.78, 5) is 0. The summed E-state index contributed by atoms with van der Waals surface area (Å²) >= 11 is 0. The fourth-order valence-corrected chi connectivity index (χ4v) is 1.25. The van der Waals surface area contributed by atoms with Crippen molar-refractivity contribution in [2.45, 2.75) is 20.3 Å². The molecule has 1 aromatic carbocycles. The first-order valence-electron chi connectivity index (χ1n) is 4.24. The SMILES string of the molecule is CC(C)Cc1cc(O)c(O)c(O)c1. The van der Waals surface area contributed by atoms with Gasteiger partial charge in [0.25, 0.3) is 0 Å². The normalized spacial score (nSPS) is 10.7. The Balaban J connectivity index is 2.99. The molecule has 0 saturated carbocycles. The highest BCUT2D eigenvalue weighted by Gasteiger charge is 2.08. The van der Waals surface area contributed by atoms with Gasteiger partial charge in [-0.1, -0.05) is 13.8 Å². The lowest BCUT2D eigenvalue weighted by molar-refractivity contribution is 0.366. The van der Waals surface area contributed by atoms with Gasteiger partial charge < -0.3 is 15.3 Å². The van der Waals surface area contributed by atoms with Gasteiger partial charge in [-0.05, 0) is 30.0 Å². The van der Waals surface area contributed by atoms with Gasteiger partial charge in [-0.25, -0.2) is 0 Å². The van der Waals surface area contributed by atoms with Crippen LogP contribution in [0.4, 0.5) is 0 Å². The predicted octanol–water partition coefficient (Wildman–Crippen LogP) is 2.00. The summed E-state index contributed by atoms with van der Waals surface area (Å²) in [5, 5.41) is 27.4. The molecule has 0 aliphatic heterocycles. The van der Waals surface area contributed by atoms with Crippen LogP contribution in [0.25, 0.3) is 0 Å². The first-order valence-corrected chi connectivity index (χ1v) is 4.24. The molecule has 0 bridgehead atoms. The zero-order valence-corrected chi connectivity index (χ0v) is 7.78. The molecule has 0 fully saturated rings. The van der Waals surface area contributed by atoms with Gasteiger partial charge >= 0.3 is 0 Å². The molecule has 0 radical (unpaired) electrons. The van der Waals surface area contributed by atoms with Crippen LogP contribution >= 0.6 is 0 Å². The van der Waals surface area contributed by atoms with E-state index in [4.69, 9.17) is 5.11 Å². The van der Waals surface area contributed by atoms with Gasteiger partial charge in [-0.3, -0.25) is 0 Å². The molecule has 3 heteroatoms. The number of aromatic hydroxyl groups is 3. The van der Waals surface area contributed by atoms with Crippen molar-refractivity contribution in [3.05, 3.63) is 17.7 Å². The van der Waals surface area contributed by atoms with E-state index in [1.807, 2.05) is 13.8 Å². The third-order valence-corrected chi connectivity index (χ3v) is 1.77. The van der Waals surface area contributed by atoms with Crippen molar-refractivity contribution >= 4 is 0 Å². The molecule has 0 atom stereocenters. The topological polar surface area (TPSA) is 60.7 Å². The van der Waals surface area contributed by atoms with Crippen molar-refractivity contribution < 1.29 is 15.3 Å². The number of benzene rings is 1. The van der Waals surface area contributed by atoms with Crippen LogP contribution in [0.15, 0.2) is 12.1 Å². The van der Waals surface area contributed by atoms with Crippen LogP contribution in [-0.4, -0.2) is 15.3 Å². The first kappa shape index (κ1) is 9.71. The van der Waals surface area contributed by atoms with E-state index < -0.39 is 5.75 Å². The number of rotatable bonds is 2. The van der Waals surface area contributed by atoms with Gasteiger partial charge in [0.05, 0.1) is 0 Å². The minimum atomic E-state index is -0.451. The average molecular weight is 182 g/mol. The Bertz CT molecular complexity index is 282. The summed E-state index contributed by atoms with van der Waals surface area (Å²) in [6, 6.07) is 2.93. The van der Waals surface area contributed by atoms with Crippen LogP contribution in [0, 0.1) is 5.92 Å². The fourth-order valence-electron chi connectivity index (χ4n) is 1.25. The number of hydrogen-bond acceptors (Lipinski definition) is 3. The average Bonchev–Trinajstić information content (AvgIpc) is 1.98. The second-order valence-corrected chi connectivity index (χ2v) is 3.58. The minimum Gasteiger partial charge on any atom is -0.504 e. The number of phenolic OH excluding ortho intramolecular Hbond substituents is 3. The van der Waals surface area contributed by atoms with Crippen molar-refractivity contribution in [1.29, 1.82) is 0 Å². The zero-order chi connectivity index (χ0) is 10.0. The van der Waals surface area contributed by atoms with E-state index >= 15 is 0 Å². The zero-order valence-electron chi connectivity index (χ0n) is 7.78. The molecule has 72 valence electrons. The molecule has 0 aliphatic rings. The quantitative estimate of drug-likeness (QED) is 0.613. The van der Waals surface area contributed by atoms with E-state index in [0.717, 1.165) is 12.0 Å². The van der Waals surface area contributed by atoms with Gasteiger partial charge in [0.2, 0.25) is 0 Å². The highest BCUT2D eigenvalue weighted by atomic mass is 16.3. The summed E-state index contributed by atoms with van der Waals surface area (Å²) in [7, 11) is 0. The maximum Gasteiger partial charge on any atom is 0.200 e. The predicted molar refractivity (Wildman–Crippen MR) is 50.0 cm³/mol. The van der Waals surface area contributed by atoms with E-state index in [1.165, 1.54) is 12.1 Å². The van der Waals surface area contributed by atoms with Gasteiger partial charge in [0.15, 0.2) is 17.2 Å². The summed E-state index contributed by atoms with van der Waals surface area (Å²) in [5.41, 5.74) is 0.822. The molecule has 0 saturated heterocycles. The van der Waals surface area contributed by atoms with E-state index in [0.29, 0.717) is 5.92 Å². The van der Waals surface area contributed by atoms with E-state index in [1.54, 1.807) is 0 Å². The van der Waals surface area contributed by atoms with Crippen LogP contribution < -0.4 is 0 Å². The highest BCUT2D eigenvalue weighted by Crippen LogP contribution is 2.35. The Morgan fingerprint density at radius 1 is 1.08 bits per heavy atom. The second-order valence-electron chi connectivity index (χ2n) is 3.58. The van der Waals surface area contributed by atoms with Gasteiger partial charge in [0, 0.05) is 0 Å². The Hall–Kier alpha value is -1.38. The molecule has 1 aromatic rings.